The van der Waals surface area contributed by atoms with Crippen molar-refractivity contribution in [3.8, 4) is 0 Å². The first kappa shape index (κ1) is 15.0. The zero-order valence-corrected chi connectivity index (χ0v) is 10.8. The van der Waals surface area contributed by atoms with Crippen molar-refractivity contribution < 1.29 is 22.9 Å². The zero-order chi connectivity index (χ0) is 15.6. The third kappa shape index (κ3) is 3.21. The van der Waals surface area contributed by atoms with Gasteiger partial charge in [-0.25, -0.2) is 0 Å². The summed E-state index contributed by atoms with van der Waals surface area (Å²) in [5.74, 6) is 0. The van der Waals surface area contributed by atoms with E-state index >= 15 is 0 Å². The Morgan fingerprint density at radius 1 is 1.33 bits per heavy atom. The van der Waals surface area contributed by atoms with Crippen LogP contribution in [0.2, 0.25) is 0 Å². The van der Waals surface area contributed by atoms with Crippen molar-refractivity contribution in [1.29, 1.82) is 0 Å². The molecule has 1 aliphatic heterocycles. The first-order chi connectivity index (χ1) is 9.82. The first-order valence-electron chi connectivity index (χ1n) is 6.07. The van der Waals surface area contributed by atoms with Gasteiger partial charge in [-0.2, -0.15) is 13.2 Å². The van der Waals surface area contributed by atoms with Gasteiger partial charge in [-0.15, -0.1) is 0 Å². The molecule has 0 spiro atoms. The number of rotatable bonds is 3. The fourth-order valence-corrected chi connectivity index (χ4v) is 2.16. The number of hydrogen-bond acceptors (Lipinski definition) is 4. The molecule has 21 heavy (non-hydrogen) atoms. The van der Waals surface area contributed by atoms with Crippen LogP contribution in [0.1, 0.15) is 16.8 Å². The van der Waals surface area contributed by atoms with E-state index < -0.39 is 16.7 Å². The Balaban J connectivity index is 2.23. The molecule has 8 heteroatoms. The molecule has 0 unspecified atom stereocenters. The van der Waals surface area contributed by atoms with Crippen LogP contribution in [0.15, 0.2) is 29.8 Å². The summed E-state index contributed by atoms with van der Waals surface area (Å²) in [6, 6.07) is 3.93. The molecule has 0 fully saturated rings. The standard InChI is InChI=1S/C13H11F3N2O3/c14-13(15,16)10-3-5-17(6-4-10)11-1-2-12(18(20)21)9(7-11)8-19/h1-3,7-8H,4-6H2. The Morgan fingerprint density at radius 2 is 2.05 bits per heavy atom. The summed E-state index contributed by atoms with van der Waals surface area (Å²) < 4.78 is 37.6. The number of anilines is 1. The number of halogens is 3. The van der Waals surface area contributed by atoms with E-state index in [2.05, 4.69) is 0 Å². The summed E-state index contributed by atoms with van der Waals surface area (Å²) in [5, 5.41) is 10.7. The second kappa shape index (κ2) is 5.55. The van der Waals surface area contributed by atoms with Crippen LogP contribution in [0.25, 0.3) is 0 Å². The molecule has 0 saturated carbocycles. The summed E-state index contributed by atoms with van der Waals surface area (Å²) in [5.41, 5.74) is -0.503. The van der Waals surface area contributed by atoms with Crippen molar-refractivity contribution >= 4 is 17.7 Å². The molecular weight excluding hydrogens is 289 g/mol. The van der Waals surface area contributed by atoms with Crippen LogP contribution in [-0.4, -0.2) is 30.5 Å². The number of nitro groups is 1. The van der Waals surface area contributed by atoms with Crippen LogP contribution in [0, 0.1) is 10.1 Å². The molecule has 1 aliphatic rings. The highest BCUT2D eigenvalue weighted by atomic mass is 19.4. The number of hydrogen-bond donors (Lipinski definition) is 0. The lowest BCUT2D eigenvalue weighted by molar-refractivity contribution is -0.385. The maximum absolute atomic E-state index is 12.5. The number of benzene rings is 1. The zero-order valence-electron chi connectivity index (χ0n) is 10.8. The van der Waals surface area contributed by atoms with Crippen molar-refractivity contribution in [3.63, 3.8) is 0 Å². The van der Waals surface area contributed by atoms with Crippen LogP contribution in [-0.2, 0) is 0 Å². The van der Waals surface area contributed by atoms with Crippen LogP contribution in [0.5, 0.6) is 0 Å². The van der Waals surface area contributed by atoms with E-state index in [0.717, 1.165) is 6.08 Å². The largest absolute Gasteiger partial charge is 0.412 e. The average Bonchev–Trinajstić information content (AvgIpc) is 2.45. The topological polar surface area (TPSA) is 63.5 Å². The molecule has 1 aromatic rings. The summed E-state index contributed by atoms with van der Waals surface area (Å²) in [6.07, 6.45) is -3.03. The molecule has 112 valence electrons. The smallest absolute Gasteiger partial charge is 0.367 e. The Morgan fingerprint density at radius 3 is 2.52 bits per heavy atom. The molecule has 0 saturated heterocycles. The fourth-order valence-electron chi connectivity index (χ4n) is 2.16. The minimum atomic E-state index is -4.32. The Bertz CT molecular complexity index is 611. The van der Waals surface area contributed by atoms with Gasteiger partial charge in [-0.1, -0.05) is 6.08 Å². The van der Waals surface area contributed by atoms with Crippen molar-refractivity contribution in [3.05, 3.63) is 45.5 Å². The Hall–Kier alpha value is -2.38. The van der Waals surface area contributed by atoms with Gasteiger partial charge in [0.1, 0.15) is 0 Å². The van der Waals surface area contributed by atoms with Gasteiger partial charge in [-0.3, -0.25) is 14.9 Å². The highest BCUT2D eigenvalue weighted by Gasteiger charge is 2.34. The number of nitrogens with zero attached hydrogens (tertiary/aromatic N) is 2. The highest BCUT2D eigenvalue weighted by Crippen LogP contribution is 2.32. The summed E-state index contributed by atoms with van der Waals surface area (Å²) >= 11 is 0. The monoisotopic (exact) mass is 300 g/mol. The lowest BCUT2D eigenvalue weighted by atomic mass is 10.1. The van der Waals surface area contributed by atoms with Crippen molar-refractivity contribution in [2.75, 3.05) is 18.0 Å². The van der Waals surface area contributed by atoms with Gasteiger partial charge < -0.3 is 4.90 Å². The van der Waals surface area contributed by atoms with E-state index in [-0.39, 0.29) is 30.8 Å². The molecule has 2 rings (SSSR count). The molecule has 1 aromatic carbocycles. The van der Waals surface area contributed by atoms with Gasteiger partial charge in [0.25, 0.3) is 5.69 Å². The fraction of sp³-hybridized carbons (Fsp3) is 0.308. The van der Waals surface area contributed by atoms with Gasteiger partial charge >= 0.3 is 6.18 Å². The van der Waals surface area contributed by atoms with E-state index in [1.807, 2.05) is 0 Å². The highest BCUT2D eigenvalue weighted by molar-refractivity contribution is 5.83. The first-order valence-corrected chi connectivity index (χ1v) is 6.07. The van der Waals surface area contributed by atoms with Crippen LogP contribution < -0.4 is 4.90 Å². The predicted octanol–water partition coefficient (Wildman–Crippen LogP) is 3.11. The van der Waals surface area contributed by atoms with E-state index in [4.69, 9.17) is 0 Å². The van der Waals surface area contributed by atoms with Gasteiger partial charge in [0, 0.05) is 30.4 Å². The maximum Gasteiger partial charge on any atom is 0.412 e. The molecule has 5 nitrogen and oxygen atoms in total. The summed E-state index contributed by atoms with van der Waals surface area (Å²) in [7, 11) is 0. The minimum absolute atomic E-state index is 0.0466. The maximum atomic E-state index is 12.5. The number of aldehydes is 1. The Labute approximate surface area is 117 Å². The van der Waals surface area contributed by atoms with Crippen molar-refractivity contribution in [1.82, 2.24) is 0 Å². The van der Waals surface area contributed by atoms with E-state index in [1.54, 1.807) is 4.90 Å². The number of carbonyl (C=O) groups excluding carboxylic acids is 1. The number of alkyl halides is 3. The van der Waals surface area contributed by atoms with Crippen LogP contribution in [0.4, 0.5) is 24.5 Å². The molecular formula is C13H11F3N2O3. The van der Waals surface area contributed by atoms with E-state index in [9.17, 15) is 28.1 Å². The van der Waals surface area contributed by atoms with Crippen molar-refractivity contribution in [2.24, 2.45) is 0 Å². The minimum Gasteiger partial charge on any atom is -0.367 e. The van der Waals surface area contributed by atoms with Gasteiger partial charge in [0.05, 0.1) is 10.5 Å². The van der Waals surface area contributed by atoms with E-state index in [0.29, 0.717) is 12.0 Å². The molecule has 0 bridgehead atoms. The Kier molecular flexibility index (Phi) is 3.97. The second-order valence-electron chi connectivity index (χ2n) is 4.54. The second-order valence-corrected chi connectivity index (χ2v) is 4.54. The quantitative estimate of drug-likeness (QED) is 0.372. The van der Waals surface area contributed by atoms with Crippen molar-refractivity contribution in [2.45, 2.75) is 12.6 Å². The average molecular weight is 300 g/mol. The molecule has 0 atom stereocenters. The SMILES string of the molecule is O=Cc1cc(N2CC=C(C(F)(F)F)CC2)ccc1[N+](=O)[O-]. The molecule has 0 N–H and O–H groups in total. The molecule has 0 aliphatic carbocycles. The van der Waals surface area contributed by atoms with E-state index in [1.165, 1.54) is 18.2 Å². The predicted molar refractivity (Wildman–Crippen MR) is 69.5 cm³/mol. The van der Waals surface area contributed by atoms with Crippen LogP contribution >= 0.6 is 0 Å². The molecule has 0 amide bonds. The third-order valence-corrected chi connectivity index (χ3v) is 3.27. The lowest BCUT2D eigenvalue weighted by Gasteiger charge is -2.29. The van der Waals surface area contributed by atoms with Crippen LogP contribution in [0.3, 0.4) is 0 Å². The summed E-state index contributed by atoms with van der Waals surface area (Å²) in [4.78, 5) is 22.5. The van der Waals surface area contributed by atoms with Gasteiger partial charge in [-0.05, 0) is 18.6 Å². The van der Waals surface area contributed by atoms with Gasteiger partial charge in [0.15, 0.2) is 6.29 Å². The lowest BCUT2D eigenvalue weighted by Crippen LogP contribution is -2.31. The molecule has 0 aromatic heterocycles. The summed E-state index contributed by atoms with van der Waals surface area (Å²) in [6.45, 7) is 0.187. The number of nitro benzene ring substituents is 1. The molecule has 0 radical (unpaired) electrons. The van der Waals surface area contributed by atoms with Gasteiger partial charge in [0.2, 0.25) is 0 Å². The number of carbonyl (C=O) groups is 1. The molecule has 1 heterocycles. The normalized spacial score (nSPS) is 15.6. The third-order valence-electron chi connectivity index (χ3n) is 3.27.